The molecular weight excluding hydrogens is 202 g/mol. The molecule has 0 aliphatic carbocycles. The van der Waals surface area contributed by atoms with E-state index in [1.807, 2.05) is 24.3 Å². The standard InChI is InChI=1S/C13H15NO2/c1-10(15)14-8-4-6-12-9-11-5-2-3-7-13(11)16-12/h2-3,5,7,9H,4,6,8H2,1H3,(H,14,15). The maximum Gasteiger partial charge on any atom is 0.216 e. The summed E-state index contributed by atoms with van der Waals surface area (Å²) in [5.74, 6) is 0.996. The zero-order chi connectivity index (χ0) is 11.4. The van der Waals surface area contributed by atoms with Crippen LogP contribution < -0.4 is 5.32 Å². The molecule has 0 aliphatic rings. The monoisotopic (exact) mass is 217 g/mol. The summed E-state index contributed by atoms with van der Waals surface area (Å²) in [7, 11) is 0. The first-order valence-electron chi connectivity index (χ1n) is 5.47. The summed E-state index contributed by atoms with van der Waals surface area (Å²) in [4.78, 5) is 10.7. The topological polar surface area (TPSA) is 42.2 Å². The second-order valence-electron chi connectivity index (χ2n) is 3.84. The molecule has 0 bridgehead atoms. The van der Waals surface area contributed by atoms with E-state index in [9.17, 15) is 4.79 Å². The van der Waals surface area contributed by atoms with E-state index >= 15 is 0 Å². The highest BCUT2D eigenvalue weighted by molar-refractivity contribution is 5.77. The third kappa shape index (κ3) is 2.63. The van der Waals surface area contributed by atoms with Crippen LogP contribution in [-0.2, 0) is 11.2 Å². The molecule has 1 amide bonds. The van der Waals surface area contributed by atoms with Crippen LogP contribution >= 0.6 is 0 Å². The second kappa shape index (κ2) is 4.84. The third-order valence-corrected chi connectivity index (χ3v) is 2.45. The third-order valence-electron chi connectivity index (χ3n) is 2.45. The van der Waals surface area contributed by atoms with Crippen LogP contribution in [0.5, 0.6) is 0 Å². The molecule has 3 nitrogen and oxygen atoms in total. The summed E-state index contributed by atoms with van der Waals surface area (Å²) in [6.45, 7) is 2.23. The number of carbonyl (C=O) groups excluding carboxylic acids is 1. The van der Waals surface area contributed by atoms with E-state index in [-0.39, 0.29) is 5.91 Å². The molecule has 0 saturated carbocycles. The summed E-state index contributed by atoms with van der Waals surface area (Å²) in [6.07, 6.45) is 1.76. The quantitative estimate of drug-likeness (QED) is 0.799. The zero-order valence-corrected chi connectivity index (χ0v) is 9.32. The molecule has 2 rings (SSSR count). The molecule has 2 aromatic rings. The summed E-state index contributed by atoms with van der Waals surface area (Å²) >= 11 is 0. The summed E-state index contributed by atoms with van der Waals surface area (Å²) in [5, 5.41) is 3.91. The predicted octanol–water partition coefficient (Wildman–Crippen LogP) is 2.50. The Morgan fingerprint density at radius 1 is 1.38 bits per heavy atom. The number of carbonyl (C=O) groups is 1. The Balaban J connectivity index is 1.92. The largest absolute Gasteiger partial charge is 0.461 e. The smallest absolute Gasteiger partial charge is 0.216 e. The van der Waals surface area contributed by atoms with Crippen molar-refractivity contribution in [1.82, 2.24) is 5.32 Å². The fraction of sp³-hybridized carbons (Fsp3) is 0.308. The minimum Gasteiger partial charge on any atom is -0.461 e. The average Bonchev–Trinajstić information content (AvgIpc) is 2.66. The van der Waals surface area contributed by atoms with Crippen LogP contribution in [0.15, 0.2) is 34.7 Å². The predicted molar refractivity (Wildman–Crippen MR) is 63.2 cm³/mol. The van der Waals surface area contributed by atoms with Gasteiger partial charge in [-0.05, 0) is 18.6 Å². The van der Waals surface area contributed by atoms with Gasteiger partial charge in [0.2, 0.25) is 5.91 Å². The molecule has 1 heterocycles. The number of rotatable bonds is 4. The van der Waals surface area contributed by atoms with Gasteiger partial charge in [-0.15, -0.1) is 0 Å². The molecule has 0 saturated heterocycles. The number of benzene rings is 1. The average molecular weight is 217 g/mol. The lowest BCUT2D eigenvalue weighted by Gasteiger charge is -1.99. The SMILES string of the molecule is CC(=O)NCCCc1cc2ccccc2o1. The van der Waals surface area contributed by atoms with Crippen molar-refractivity contribution in [3.8, 4) is 0 Å². The molecule has 16 heavy (non-hydrogen) atoms. The van der Waals surface area contributed by atoms with Gasteiger partial charge >= 0.3 is 0 Å². The van der Waals surface area contributed by atoms with E-state index in [1.54, 1.807) is 0 Å². The van der Waals surface area contributed by atoms with Crippen molar-refractivity contribution in [2.45, 2.75) is 19.8 Å². The van der Waals surface area contributed by atoms with Crippen LogP contribution in [0.1, 0.15) is 19.1 Å². The van der Waals surface area contributed by atoms with E-state index in [0.717, 1.165) is 29.6 Å². The van der Waals surface area contributed by atoms with Gasteiger partial charge in [-0.25, -0.2) is 0 Å². The first-order chi connectivity index (χ1) is 7.75. The number of hydrogen-bond donors (Lipinski definition) is 1. The Bertz CT molecular complexity index is 454. The van der Waals surface area contributed by atoms with Gasteiger partial charge in [0.15, 0.2) is 0 Å². The van der Waals surface area contributed by atoms with E-state index in [4.69, 9.17) is 4.42 Å². The Hall–Kier alpha value is -1.77. The summed E-state index contributed by atoms with van der Waals surface area (Å²) in [5.41, 5.74) is 0.928. The molecule has 0 atom stereocenters. The summed E-state index contributed by atoms with van der Waals surface area (Å²) in [6, 6.07) is 10.0. The molecule has 1 N–H and O–H groups in total. The highest BCUT2D eigenvalue weighted by Crippen LogP contribution is 2.19. The van der Waals surface area contributed by atoms with Crippen LogP contribution in [0.4, 0.5) is 0 Å². The van der Waals surface area contributed by atoms with Gasteiger partial charge in [0.25, 0.3) is 0 Å². The van der Waals surface area contributed by atoms with Gasteiger partial charge in [0.05, 0.1) is 0 Å². The molecule has 1 aromatic carbocycles. The lowest BCUT2D eigenvalue weighted by atomic mass is 10.2. The molecule has 84 valence electrons. The van der Waals surface area contributed by atoms with E-state index in [0.29, 0.717) is 6.54 Å². The van der Waals surface area contributed by atoms with Crippen LogP contribution in [0.25, 0.3) is 11.0 Å². The fourth-order valence-electron chi connectivity index (χ4n) is 1.69. The van der Waals surface area contributed by atoms with E-state index < -0.39 is 0 Å². The maximum absolute atomic E-state index is 10.7. The maximum atomic E-state index is 10.7. The van der Waals surface area contributed by atoms with Gasteiger partial charge in [-0.3, -0.25) is 4.79 Å². The van der Waals surface area contributed by atoms with Crippen LogP contribution in [0.2, 0.25) is 0 Å². The van der Waals surface area contributed by atoms with Crippen molar-refractivity contribution < 1.29 is 9.21 Å². The van der Waals surface area contributed by atoms with Gasteiger partial charge in [-0.1, -0.05) is 18.2 Å². The molecule has 0 fully saturated rings. The Morgan fingerprint density at radius 3 is 2.94 bits per heavy atom. The van der Waals surface area contributed by atoms with Crippen LogP contribution in [0.3, 0.4) is 0 Å². The number of fused-ring (bicyclic) bond motifs is 1. The van der Waals surface area contributed by atoms with Crippen molar-refractivity contribution >= 4 is 16.9 Å². The minimum absolute atomic E-state index is 0.0182. The van der Waals surface area contributed by atoms with Gasteiger partial charge < -0.3 is 9.73 Å². The number of aryl methyl sites for hydroxylation is 1. The molecular formula is C13H15NO2. The molecule has 1 aromatic heterocycles. The Kier molecular flexibility index (Phi) is 3.25. The number of para-hydroxylation sites is 1. The molecule has 0 spiro atoms. The highest BCUT2D eigenvalue weighted by Gasteiger charge is 2.02. The van der Waals surface area contributed by atoms with Crippen molar-refractivity contribution in [2.75, 3.05) is 6.54 Å². The zero-order valence-electron chi connectivity index (χ0n) is 9.32. The summed E-state index contributed by atoms with van der Waals surface area (Å²) < 4.78 is 5.66. The Labute approximate surface area is 94.4 Å². The van der Waals surface area contributed by atoms with Crippen LogP contribution in [-0.4, -0.2) is 12.5 Å². The van der Waals surface area contributed by atoms with Crippen molar-refractivity contribution in [1.29, 1.82) is 0 Å². The lowest BCUT2D eigenvalue weighted by molar-refractivity contribution is -0.118. The van der Waals surface area contributed by atoms with Crippen molar-refractivity contribution in [2.24, 2.45) is 0 Å². The lowest BCUT2D eigenvalue weighted by Crippen LogP contribution is -2.21. The molecule has 0 unspecified atom stereocenters. The van der Waals surface area contributed by atoms with Gasteiger partial charge in [0.1, 0.15) is 11.3 Å². The van der Waals surface area contributed by atoms with Gasteiger partial charge in [-0.2, -0.15) is 0 Å². The Morgan fingerprint density at radius 2 is 2.19 bits per heavy atom. The first kappa shape index (κ1) is 10.7. The highest BCUT2D eigenvalue weighted by atomic mass is 16.3. The van der Waals surface area contributed by atoms with E-state index in [2.05, 4.69) is 11.4 Å². The second-order valence-corrected chi connectivity index (χ2v) is 3.84. The van der Waals surface area contributed by atoms with Crippen molar-refractivity contribution in [3.63, 3.8) is 0 Å². The van der Waals surface area contributed by atoms with E-state index in [1.165, 1.54) is 6.92 Å². The molecule has 0 aliphatic heterocycles. The normalized spacial score (nSPS) is 10.6. The van der Waals surface area contributed by atoms with Gasteiger partial charge in [0, 0.05) is 25.3 Å². The molecule has 0 radical (unpaired) electrons. The van der Waals surface area contributed by atoms with Crippen LogP contribution in [0, 0.1) is 0 Å². The minimum atomic E-state index is 0.0182. The first-order valence-corrected chi connectivity index (χ1v) is 5.47. The number of furan rings is 1. The number of nitrogens with one attached hydrogen (secondary N) is 1. The fourth-order valence-corrected chi connectivity index (χ4v) is 1.69. The number of amides is 1. The van der Waals surface area contributed by atoms with Crippen molar-refractivity contribution in [3.05, 3.63) is 36.1 Å². The molecule has 3 heteroatoms. The number of hydrogen-bond acceptors (Lipinski definition) is 2.